The first-order valence-electron chi connectivity index (χ1n) is 6.33. The minimum Gasteiger partial charge on any atom is -0.379 e. The highest BCUT2D eigenvalue weighted by Gasteiger charge is 2.29. The van der Waals surface area contributed by atoms with Gasteiger partial charge in [0.05, 0.1) is 11.5 Å². The van der Waals surface area contributed by atoms with Gasteiger partial charge in [-0.2, -0.15) is 0 Å². The van der Waals surface area contributed by atoms with Crippen molar-refractivity contribution in [3.8, 4) is 0 Å². The van der Waals surface area contributed by atoms with Gasteiger partial charge in [0.15, 0.2) is 0 Å². The second-order valence-electron chi connectivity index (χ2n) is 5.33. The van der Waals surface area contributed by atoms with Crippen LogP contribution in [-0.2, 0) is 9.53 Å². The molecule has 3 heteroatoms. The van der Waals surface area contributed by atoms with Gasteiger partial charge in [-0.05, 0) is 31.9 Å². The maximum Gasteiger partial charge on any atom is 0.141 e. The quantitative estimate of drug-likeness (QED) is 0.812. The molecule has 0 spiro atoms. The average molecular weight is 264 g/mol. The van der Waals surface area contributed by atoms with Crippen LogP contribution in [-0.4, -0.2) is 24.2 Å². The molecule has 98 valence electrons. The topological polar surface area (TPSA) is 26.3 Å². The monoisotopic (exact) mass is 264 g/mol. The Bertz CT molecular complexity index is 440. The van der Waals surface area contributed by atoms with Gasteiger partial charge in [0.1, 0.15) is 5.78 Å². The minimum atomic E-state index is -0.207. The van der Waals surface area contributed by atoms with Crippen molar-refractivity contribution < 1.29 is 9.53 Å². The number of hydrogen-bond donors (Lipinski definition) is 0. The zero-order chi connectivity index (χ0) is 13.2. The van der Waals surface area contributed by atoms with Crippen molar-refractivity contribution in [1.29, 1.82) is 0 Å². The zero-order valence-corrected chi connectivity index (χ0v) is 12.0. The summed E-state index contributed by atoms with van der Waals surface area (Å²) in [7, 11) is 1.70. The molecule has 0 aliphatic carbocycles. The smallest absolute Gasteiger partial charge is 0.141 e. The van der Waals surface area contributed by atoms with Crippen LogP contribution in [0.15, 0.2) is 29.2 Å². The second-order valence-corrected chi connectivity index (χ2v) is 6.39. The molecule has 1 heterocycles. The first-order chi connectivity index (χ1) is 8.53. The van der Waals surface area contributed by atoms with E-state index in [1.165, 1.54) is 10.5 Å². The van der Waals surface area contributed by atoms with Gasteiger partial charge in [-0.3, -0.25) is 4.79 Å². The molecular weight excluding hydrogens is 244 g/mol. The molecule has 0 radical (unpaired) electrons. The SMILES string of the molecule is COC(C)(C)CCC(=O)C1CSc2ccccc21. The molecule has 0 saturated carbocycles. The Hall–Kier alpha value is -0.800. The van der Waals surface area contributed by atoms with E-state index in [0.29, 0.717) is 12.2 Å². The molecule has 1 aromatic rings. The van der Waals surface area contributed by atoms with Crippen molar-refractivity contribution >= 4 is 17.5 Å². The third kappa shape index (κ3) is 2.96. The zero-order valence-electron chi connectivity index (χ0n) is 11.2. The van der Waals surface area contributed by atoms with E-state index in [1.807, 2.05) is 26.0 Å². The van der Waals surface area contributed by atoms with E-state index < -0.39 is 0 Å². The van der Waals surface area contributed by atoms with E-state index in [2.05, 4.69) is 12.1 Å². The summed E-state index contributed by atoms with van der Waals surface area (Å²) in [5.41, 5.74) is 1.00. The van der Waals surface area contributed by atoms with E-state index in [-0.39, 0.29) is 11.5 Å². The molecule has 2 nitrogen and oxygen atoms in total. The predicted molar refractivity (Wildman–Crippen MR) is 75.2 cm³/mol. The lowest BCUT2D eigenvalue weighted by atomic mass is 9.91. The van der Waals surface area contributed by atoms with Crippen LogP contribution < -0.4 is 0 Å². The number of methoxy groups -OCH3 is 1. The van der Waals surface area contributed by atoms with Gasteiger partial charge in [-0.1, -0.05) is 18.2 Å². The third-order valence-corrected chi connectivity index (χ3v) is 4.80. The van der Waals surface area contributed by atoms with Crippen molar-refractivity contribution in [1.82, 2.24) is 0 Å². The lowest BCUT2D eigenvalue weighted by Gasteiger charge is -2.23. The highest BCUT2D eigenvalue weighted by molar-refractivity contribution is 7.99. The Labute approximate surface area is 113 Å². The first kappa shape index (κ1) is 13.6. The molecule has 0 fully saturated rings. The summed E-state index contributed by atoms with van der Waals surface area (Å²) in [6, 6.07) is 8.24. The number of ketones is 1. The van der Waals surface area contributed by atoms with Gasteiger partial charge in [-0.15, -0.1) is 11.8 Å². The number of Topliss-reactive ketones (excluding diaryl/α,β-unsaturated/α-hetero) is 1. The molecule has 1 atom stereocenters. The summed E-state index contributed by atoms with van der Waals surface area (Å²) in [4.78, 5) is 13.6. The number of benzene rings is 1. The highest BCUT2D eigenvalue weighted by Crippen LogP contribution is 2.40. The van der Waals surface area contributed by atoms with Crippen LogP contribution in [0.3, 0.4) is 0 Å². The summed E-state index contributed by atoms with van der Waals surface area (Å²) in [5, 5.41) is 0. The number of rotatable bonds is 5. The Morgan fingerprint density at radius 1 is 1.44 bits per heavy atom. The van der Waals surface area contributed by atoms with Crippen molar-refractivity contribution in [2.24, 2.45) is 0 Å². The van der Waals surface area contributed by atoms with Crippen LogP contribution >= 0.6 is 11.8 Å². The lowest BCUT2D eigenvalue weighted by Crippen LogP contribution is -2.24. The second kappa shape index (κ2) is 5.45. The predicted octanol–water partition coefficient (Wildman–Crippen LogP) is 3.65. The fraction of sp³-hybridized carbons (Fsp3) is 0.533. The highest BCUT2D eigenvalue weighted by atomic mass is 32.2. The molecule has 0 amide bonds. The Morgan fingerprint density at radius 2 is 2.17 bits per heavy atom. The third-order valence-electron chi connectivity index (χ3n) is 3.61. The summed E-state index contributed by atoms with van der Waals surface area (Å²) < 4.78 is 5.36. The lowest BCUT2D eigenvalue weighted by molar-refractivity contribution is -0.121. The molecule has 0 N–H and O–H groups in total. The number of hydrogen-bond acceptors (Lipinski definition) is 3. The molecule has 1 aromatic carbocycles. The maximum absolute atomic E-state index is 12.3. The van der Waals surface area contributed by atoms with Gasteiger partial charge < -0.3 is 4.74 Å². The van der Waals surface area contributed by atoms with Crippen molar-refractivity contribution in [3.63, 3.8) is 0 Å². The summed E-state index contributed by atoms with van der Waals surface area (Å²) >= 11 is 1.79. The van der Waals surface area contributed by atoms with Crippen LogP contribution in [0.1, 0.15) is 38.2 Å². The van der Waals surface area contributed by atoms with Crippen molar-refractivity contribution in [2.45, 2.75) is 43.1 Å². The molecule has 1 aliphatic heterocycles. The van der Waals surface area contributed by atoms with Crippen molar-refractivity contribution in [2.75, 3.05) is 12.9 Å². The van der Waals surface area contributed by atoms with Crippen LogP contribution in [0.5, 0.6) is 0 Å². The average Bonchev–Trinajstić information content (AvgIpc) is 2.80. The number of ether oxygens (including phenoxy) is 1. The standard InChI is InChI=1S/C15H20O2S/c1-15(2,17-3)9-8-13(16)12-10-18-14-7-5-4-6-11(12)14/h4-7,12H,8-10H2,1-3H3. The number of carbonyl (C=O) groups excluding carboxylic acids is 1. The number of fused-ring (bicyclic) bond motifs is 1. The fourth-order valence-electron chi connectivity index (χ4n) is 2.13. The molecule has 2 rings (SSSR count). The molecular formula is C15H20O2S. The van der Waals surface area contributed by atoms with E-state index in [9.17, 15) is 4.79 Å². The van der Waals surface area contributed by atoms with Gasteiger partial charge in [0.25, 0.3) is 0 Å². The Morgan fingerprint density at radius 3 is 2.89 bits per heavy atom. The van der Waals surface area contributed by atoms with E-state index in [0.717, 1.165) is 12.2 Å². The van der Waals surface area contributed by atoms with Gasteiger partial charge in [0.2, 0.25) is 0 Å². The minimum absolute atomic E-state index is 0.0823. The largest absolute Gasteiger partial charge is 0.379 e. The van der Waals surface area contributed by atoms with Gasteiger partial charge in [-0.25, -0.2) is 0 Å². The van der Waals surface area contributed by atoms with Gasteiger partial charge in [0, 0.05) is 24.2 Å². The molecule has 0 aromatic heterocycles. The summed E-state index contributed by atoms with van der Waals surface area (Å²) in [6.45, 7) is 4.05. The Kier molecular flexibility index (Phi) is 4.13. The van der Waals surface area contributed by atoms with Crippen LogP contribution in [0, 0.1) is 0 Å². The maximum atomic E-state index is 12.3. The van der Waals surface area contributed by atoms with Crippen LogP contribution in [0.25, 0.3) is 0 Å². The van der Waals surface area contributed by atoms with E-state index >= 15 is 0 Å². The fourth-order valence-corrected chi connectivity index (χ4v) is 3.39. The van der Waals surface area contributed by atoms with Crippen molar-refractivity contribution in [3.05, 3.63) is 29.8 Å². The summed E-state index contributed by atoms with van der Waals surface area (Å²) in [5.74, 6) is 1.32. The molecule has 18 heavy (non-hydrogen) atoms. The molecule has 1 unspecified atom stereocenters. The van der Waals surface area contributed by atoms with E-state index in [1.54, 1.807) is 18.9 Å². The normalized spacial score (nSPS) is 18.7. The molecule has 0 saturated heterocycles. The van der Waals surface area contributed by atoms with Crippen LogP contribution in [0.4, 0.5) is 0 Å². The van der Waals surface area contributed by atoms with E-state index in [4.69, 9.17) is 4.74 Å². The summed E-state index contributed by atoms with van der Waals surface area (Å²) in [6.07, 6.45) is 1.38. The van der Waals surface area contributed by atoms with Gasteiger partial charge >= 0.3 is 0 Å². The number of thioether (sulfide) groups is 1. The molecule has 1 aliphatic rings. The Balaban J connectivity index is 2.00. The first-order valence-corrected chi connectivity index (χ1v) is 7.31. The van der Waals surface area contributed by atoms with Crippen LogP contribution in [0.2, 0.25) is 0 Å². The number of carbonyl (C=O) groups is 1. The molecule has 0 bridgehead atoms.